The van der Waals surface area contributed by atoms with Crippen LogP contribution in [0.25, 0.3) is 11.4 Å². The van der Waals surface area contributed by atoms with Crippen molar-refractivity contribution in [2.24, 2.45) is 0 Å². The lowest BCUT2D eigenvalue weighted by Gasteiger charge is -2.33. The Kier molecular flexibility index (Phi) is 8.91. The number of piperazine rings is 1. The Morgan fingerprint density at radius 3 is 2.26 bits per heavy atom. The SMILES string of the molecule is CC1COCCN1c1nc(OC2CCOC2)nc(-c2ccc(NC(=O)Nc3ccc(C(=O)N4CCNCC4)cc3)cc2)n1. The van der Waals surface area contributed by atoms with E-state index in [0.29, 0.717) is 74.8 Å². The molecule has 3 fully saturated rings. The highest BCUT2D eigenvalue weighted by molar-refractivity contribution is 6.00. The number of hydrogen-bond acceptors (Lipinski definition) is 10. The summed E-state index contributed by atoms with van der Waals surface area (Å²) < 4.78 is 17.1. The van der Waals surface area contributed by atoms with Crippen molar-refractivity contribution >= 4 is 29.3 Å². The number of benzene rings is 2. The van der Waals surface area contributed by atoms with Crippen LogP contribution in [0.2, 0.25) is 0 Å². The van der Waals surface area contributed by atoms with Crippen molar-refractivity contribution in [2.45, 2.75) is 25.5 Å². The standard InChI is InChI=1S/C30H36N8O5/c1-20-18-42-17-15-38(20)28-34-26(35-30(36-28)43-25-10-16-41-19-25)21-2-6-23(7-3-21)32-29(40)33-24-8-4-22(5-9-24)27(39)37-13-11-31-12-14-37/h2-9,20,25,31H,10-19H2,1H3,(H2,32,33,40). The van der Waals surface area contributed by atoms with Gasteiger partial charge in [-0.3, -0.25) is 4.79 Å². The van der Waals surface area contributed by atoms with E-state index in [-0.39, 0.29) is 24.1 Å². The van der Waals surface area contributed by atoms with Crippen LogP contribution in [0.5, 0.6) is 6.01 Å². The van der Waals surface area contributed by atoms with E-state index in [1.54, 1.807) is 36.4 Å². The summed E-state index contributed by atoms with van der Waals surface area (Å²) in [5, 5.41) is 8.89. The minimum atomic E-state index is -0.396. The lowest BCUT2D eigenvalue weighted by atomic mass is 10.1. The molecule has 2 atom stereocenters. The number of amides is 3. The molecule has 6 rings (SSSR count). The fourth-order valence-corrected chi connectivity index (χ4v) is 5.18. The highest BCUT2D eigenvalue weighted by Crippen LogP contribution is 2.25. The third kappa shape index (κ3) is 7.19. The van der Waals surface area contributed by atoms with E-state index in [4.69, 9.17) is 19.2 Å². The van der Waals surface area contributed by atoms with Crippen LogP contribution in [0.3, 0.4) is 0 Å². The number of ether oxygens (including phenoxy) is 3. The van der Waals surface area contributed by atoms with Gasteiger partial charge in [0.2, 0.25) is 5.95 Å². The van der Waals surface area contributed by atoms with Crippen LogP contribution in [0, 0.1) is 0 Å². The Bertz CT molecular complexity index is 1410. The van der Waals surface area contributed by atoms with E-state index < -0.39 is 6.03 Å². The van der Waals surface area contributed by atoms with Gasteiger partial charge in [0, 0.05) is 61.6 Å². The molecule has 0 aliphatic carbocycles. The molecule has 3 saturated heterocycles. The molecule has 0 radical (unpaired) electrons. The summed E-state index contributed by atoms with van der Waals surface area (Å²) in [5.74, 6) is 1.01. The van der Waals surface area contributed by atoms with Crippen LogP contribution in [0.4, 0.5) is 22.1 Å². The predicted octanol–water partition coefficient (Wildman–Crippen LogP) is 2.62. The van der Waals surface area contributed by atoms with Gasteiger partial charge in [-0.1, -0.05) is 0 Å². The van der Waals surface area contributed by atoms with Crippen LogP contribution < -0.4 is 25.6 Å². The Balaban J connectivity index is 1.11. The molecular weight excluding hydrogens is 552 g/mol. The zero-order chi connectivity index (χ0) is 29.6. The molecule has 13 nitrogen and oxygen atoms in total. The number of carbonyl (C=O) groups is 2. The molecule has 3 aliphatic rings. The number of carbonyl (C=O) groups excluding carboxylic acids is 2. The first-order valence-electron chi connectivity index (χ1n) is 14.7. The second-order valence-corrected chi connectivity index (χ2v) is 10.7. The van der Waals surface area contributed by atoms with E-state index in [1.807, 2.05) is 17.0 Å². The van der Waals surface area contributed by atoms with Crippen LogP contribution in [-0.2, 0) is 9.47 Å². The molecule has 3 aliphatic heterocycles. The minimum absolute atomic E-state index is 0.00594. The summed E-state index contributed by atoms with van der Waals surface area (Å²) in [6.07, 6.45) is 0.685. The Morgan fingerprint density at radius 2 is 1.58 bits per heavy atom. The number of hydrogen-bond donors (Lipinski definition) is 3. The summed E-state index contributed by atoms with van der Waals surface area (Å²) in [5.41, 5.74) is 2.54. The fourth-order valence-electron chi connectivity index (χ4n) is 5.18. The molecule has 226 valence electrons. The normalized spacial score (nSPS) is 20.5. The van der Waals surface area contributed by atoms with Crippen molar-refractivity contribution in [1.29, 1.82) is 0 Å². The fraction of sp³-hybridized carbons (Fsp3) is 0.433. The van der Waals surface area contributed by atoms with Crippen molar-refractivity contribution in [3.63, 3.8) is 0 Å². The summed E-state index contributed by atoms with van der Waals surface area (Å²) in [4.78, 5) is 43.3. The lowest BCUT2D eigenvalue weighted by Crippen LogP contribution is -2.46. The van der Waals surface area contributed by atoms with E-state index in [2.05, 4.69) is 37.7 Å². The molecule has 13 heteroatoms. The Labute approximate surface area is 249 Å². The van der Waals surface area contributed by atoms with Crippen molar-refractivity contribution < 1.29 is 23.8 Å². The van der Waals surface area contributed by atoms with Crippen molar-refractivity contribution in [3.8, 4) is 17.4 Å². The molecule has 2 aromatic carbocycles. The molecule has 1 aromatic heterocycles. The zero-order valence-corrected chi connectivity index (χ0v) is 24.1. The monoisotopic (exact) mass is 588 g/mol. The van der Waals surface area contributed by atoms with Gasteiger partial charge in [-0.25, -0.2) is 4.79 Å². The maximum absolute atomic E-state index is 12.7. The Morgan fingerprint density at radius 1 is 0.884 bits per heavy atom. The summed E-state index contributed by atoms with van der Waals surface area (Å²) in [7, 11) is 0. The topological polar surface area (TPSA) is 143 Å². The highest BCUT2D eigenvalue weighted by Gasteiger charge is 2.25. The summed E-state index contributed by atoms with van der Waals surface area (Å²) in [6, 6.07) is 14.1. The lowest BCUT2D eigenvalue weighted by molar-refractivity contribution is 0.0736. The number of nitrogens with one attached hydrogen (secondary N) is 3. The van der Waals surface area contributed by atoms with Crippen molar-refractivity contribution in [3.05, 3.63) is 54.1 Å². The van der Waals surface area contributed by atoms with Crippen LogP contribution in [0.15, 0.2) is 48.5 Å². The van der Waals surface area contributed by atoms with Crippen molar-refractivity contribution in [1.82, 2.24) is 25.2 Å². The molecule has 3 N–H and O–H groups in total. The number of urea groups is 1. The van der Waals surface area contributed by atoms with Gasteiger partial charge in [-0.15, -0.1) is 0 Å². The number of nitrogens with zero attached hydrogens (tertiary/aromatic N) is 5. The number of anilines is 3. The number of rotatable bonds is 7. The van der Waals surface area contributed by atoms with Crippen LogP contribution in [-0.4, -0.2) is 103 Å². The van der Waals surface area contributed by atoms with Gasteiger partial charge in [-0.2, -0.15) is 15.0 Å². The van der Waals surface area contributed by atoms with Gasteiger partial charge in [0.25, 0.3) is 5.91 Å². The maximum atomic E-state index is 12.7. The van der Waals surface area contributed by atoms with Crippen molar-refractivity contribution in [2.75, 3.05) is 74.7 Å². The number of morpholine rings is 1. The molecular formula is C30H36N8O5. The van der Waals surface area contributed by atoms with Gasteiger partial charge in [-0.05, 0) is 55.5 Å². The van der Waals surface area contributed by atoms with Gasteiger partial charge < -0.3 is 40.0 Å². The van der Waals surface area contributed by atoms with Gasteiger partial charge in [0.15, 0.2) is 5.82 Å². The average Bonchev–Trinajstić information content (AvgIpc) is 3.55. The smallest absolute Gasteiger partial charge is 0.323 e. The molecule has 4 heterocycles. The molecule has 3 aromatic rings. The molecule has 0 bridgehead atoms. The van der Waals surface area contributed by atoms with Crippen LogP contribution in [0.1, 0.15) is 23.7 Å². The van der Waals surface area contributed by atoms with E-state index in [0.717, 1.165) is 25.1 Å². The van der Waals surface area contributed by atoms with E-state index >= 15 is 0 Å². The quantitative estimate of drug-likeness (QED) is 0.377. The first-order valence-corrected chi connectivity index (χ1v) is 14.7. The summed E-state index contributed by atoms with van der Waals surface area (Å²) >= 11 is 0. The minimum Gasteiger partial charge on any atom is -0.457 e. The molecule has 3 amide bonds. The van der Waals surface area contributed by atoms with Crippen LogP contribution >= 0.6 is 0 Å². The molecule has 0 spiro atoms. The van der Waals surface area contributed by atoms with E-state index in [9.17, 15) is 9.59 Å². The van der Waals surface area contributed by atoms with Gasteiger partial charge in [0.05, 0.1) is 32.5 Å². The van der Waals surface area contributed by atoms with Gasteiger partial charge in [0.1, 0.15) is 6.10 Å². The largest absolute Gasteiger partial charge is 0.457 e. The van der Waals surface area contributed by atoms with Gasteiger partial charge >= 0.3 is 12.0 Å². The third-order valence-corrected chi connectivity index (χ3v) is 7.58. The molecule has 2 unspecified atom stereocenters. The molecule has 43 heavy (non-hydrogen) atoms. The zero-order valence-electron chi connectivity index (χ0n) is 24.1. The number of aromatic nitrogens is 3. The second-order valence-electron chi connectivity index (χ2n) is 10.7. The first kappa shape index (κ1) is 28.8. The third-order valence-electron chi connectivity index (χ3n) is 7.58. The summed E-state index contributed by atoms with van der Waals surface area (Å²) in [6.45, 7) is 8.05. The highest BCUT2D eigenvalue weighted by atomic mass is 16.6. The maximum Gasteiger partial charge on any atom is 0.323 e. The molecule has 0 saturated carbocycles. The second kappa shape index (κ2) is 13.3. The van der Waals surface area contributed by atoms with E-state index in [1.165, 1.54) is 0 Å². The predicted molar refractivity (Wildman–Crippen MR) is 161 cm³/mol. The first-order chi connectivity index (χ1) is 21.0. The Hall–Kier alpha value is -4.33. The average molecular weight is 589 g/mol.